The van der Waals surface area contributed by atoms with Crippen molar-refractivity contribution in [3.8, 4) is 5.75 Å². The lowest BCUT2D eigenvalue weighted by Gasteiger charge is -2.28. The van der Waals surface area contributed by atoms with E-state index < -0.39 is 23.7 Å². The first-order valence-corrected chi connectivity index (χ1v) is 11.4. The van der Waals surface area contributed by atoms with Gasteiger partial charge in [0.1, 0.15) is 24.8 Å². The predicted molar refractivity (Wildman–Crippen MR) is 119 cm³/mol. The number of carbonyl (C=O) groups excluding carboxylic acids is 3. The largest absolute Gasteiger partial charge is 0.497 e. The molecule has 2 fully saturated rings. The van der Waals surface area contributed by atoms with Crippen LogP contribution >= 0.6 is 0 Å². The van der Waals surface area contributed by atoms with Crippen LogP contribution in [0.3, 0.4) is 0 Å². The Hall–Kier alpha value is -3.10. The van der Waals surface area contributed by atoms with Gasteiger partial charge in [-0.2, -0.15) is 0 Å². The maximum Gasteiger partial charge on any atom is 0.291 e. The van der Waals surface area contributed by atoms with Crippen LogP contribution in [0.1, 0.15) is 33.9 Å². The number of quaternary nitrogens is 1. The number of Topliss-reactive ketones (excluding diaryl/α,β-unsaturated/α-hetero) is 2. The van der Waals surface area contributed by atoms with Gasteiger partial charge in [0.25, 0.3) is 5.91 Å². The molecule has 2 unspecified atom stereocenters. The first-order valence-electron chi connectivity index (χ1n) is 11.4. The Kier molecular flexibility index (Phi) is 7.15. The lowest BCUT2D eigenvalue weighted by Crippen LogP contribution is -3.14. The number of hydrogen-bond acceptors (Lipinski definition) is 5. The van der Waals surface area contributed by atoms with Crippen molar-refractivity contribution in [2.75, 3.05) is 46.5 Å². The summed E-state index contributed by atoms with van der Waals surface area (Å²) in [5.41, 5.74) is 1.93. The molecule has 0 radical (unpaired) electrons. The molecule has 8 nitrogen and oxygen atoms in total. The summed E-state index contributed by atoms with van der Waals surface area (Å²) < 4.78 is 10.7. The maximum atomic E-state index is 13.6. The molecule has 0 saturated carbocycles. The topological polar surface area (TPSA) is 91.5 Å². The number of aryl methyl sites for hydroxylation is 1. The fraction of sp³-hybridized carbons (Fsp3) is 0.440. The Labute approximate surface area is 193 Å². The normalized spacial score (nSPS) is 21.5. The Morgan fingerprint density at radius 1 is 1.18 bits per heavy atom. The van der Waals surface area contributed by atoms with Gasteiger partial charge >= 0.3 is 0 Å². The highest BCUT2D eigenvalue weighted by Crippen LogP contribution is 2.38. The minimum atomic E-state index is -1.07. The number of nitrogens with zero attached hydrogens (tertiary/aromatic N) is 1. The van der Waals surface area contributed by atoms with Crippen LogP contribution in [-0.4, -0.2) is 68.9 Å². The van der Waals surface area contributed by atoms with E-state index in [2.05, 4.69) is 4.98 Å². The second-order valence-electron chi connectivity index (χ2n) is 8.63. The number of likely N-dealkylation sites (tertiary alicyclic amines) is 1. The molecule has 1 aromatic heterocycles. The summed E-state index contributed by atoms with van der Waals surface area (Å²) in [5.74, 6) is -1.96. The van der Waals surface area contributed by atoms with E-state index in [1.807, 2.05) is 19.1 Å². The molecule has 4 rings (SSSR count). The minimum Gasteiger partial charge on any atom is -0.497 e. The molecule has 2 saturated heterocycles. The quantitative estimate of drug-likeness (QED) is 0.347. The molecule has 0 spiro atoms. The molecule has 2 aromatic rings. The van der Waals surface area contributed by atoms with Crippen LogP contribution in [0.15, 0.2) is 42.7 Å². The van der Waals surface area contributed by atoms with Crippen LogP contribution in [0.4, 0.5) is 0 Å². The van der Waals surface area contributed by atoms with Crippen molar-refractivity contribution in [3.05, 3.63) is 59.4 Å². The number of H-pyrrole nitrogens is 1. The lowest BCUT2D eigenvalue weighted by molar-refractivity contribution is -0.908. The highest BCUT2D eigenvalue weighted by molar-refractivity contribution is 6.44. The highest BCUT2D eigenvalue weighted by Gasteiger charge is 2.51. The number of methoxy groups -OCH3 is 1. The molecule has 0 bridgehead atoms. The maximum absolute atomic E-state index is 13.6. The van der Waals surface area contributed by atoms with Crippen molar-refractivity contribution in [2.45, 2.75) is 19.4 Å². The van der Waals surface area contributed by atoms with Gasteiger partial charge in [-0.05, 0) is 36.2 Å². The fourth-order valence-electron chi connectivity index (χ4n) is 4.81. The van der Waals surface area contributed by atoms with Gasteiger partial charge in [-0.15, -0.1) is 0 Å². The summed E-state index contributed by atoms with van der Waals surface area (Å²) in [5, 5.41) is 0. The van der Waals surface area contributed by atoms with Crippen molar-refractivity contribution in [1.29, 1.82) is 0 Å². The average Bonchev–Trinajstić information content (AvgIpc) is 3.10. The Bertz CT molecular complexity index is 1020. The van der Waals surface area contributed by atoms with E-state index in [1.165, 1.54) is 4.90 Å². The lowest BCUT2D eigenvalue weighted by atomic mass is 9.85. The van der Waals surface area contributed by atoms with Gasteiger partial charge in [0.05, 0.1) is 32.9 Å². The van der Waals surface area contributed by atoms with E-state index in [0.717, 1.165) is 44.8 Å². The highest BCUT2D eigenvalue weighted by atomic mass is 16.5. The molecule has 3 heterocycles. The summed E-state index contributed by atoms with van der Waals surface area (Å²) in [7, 11) is 1.56. The van der Waals surface area contributed by atoms with Crippen molar-refractivity contribution in [3.63, 3.8) is 0 Å². The SMILES string of the molecule is COc1ccc(C(=O)C2C(=O)C(=O)N(CCC[NH+]3CCOCC3)C2c2cc[nH+]cc2)c(C)c1. The van der Waals surface area contributed by atoms with Gasteiger partial charge in [0.15, 0.2) is 18.2 Å². The van der Waals surface area contributed by atoms with Crippen LogP contribution in [0.2, 0.25) is 0 Å². The molecule has 2 aliphatic rings. The third-order valence-electron chi connectivity index (χ3n) is 6.60. The number of ether oxygens (including phenoxy) is 2. The zero-order valence-electron chi connectivity index (χ0n) is 19.1. The molecule has 2 atom stereocenters. The number of rotatable bonds is 8. The summed E-state index contributed by atoms with van der Waals surface area (Å²) in [6, 6.07) is 8.19. The van der Waals surface area contributed by atoms with E-state index in [4.69, 9.17) is 9.47 Å². The number of amides is 1. The number of benzene rings is 1. The third-order valence-corrected chi connectivity index (χ3v) is 6.60. The van der Waals surface area contributed by atoms with Gasteiger partial charge in [-0.25, -0.2) is 4.98 Å². The number of ketones is 2. The number of nitrogens with one attached hydrogen (secondary N) is 2. The fourth-order valence-corrected chi connectivity index (χ4v) is 4.81. The zero-order valence-corrected chi connectivity index (χ0v) is 19.1. The molecule has 1 aromatic carbocycles. The van der Waals surface area contributed by atoms with Crippen LogP contribution in [-0.2, 0) is 14.3 Å². The van der Waals surface area contributed by atoms with Gasteiger partial charge in [-0.1, -0.05) is 0 Å². The standard InChI is InChI=1S/C25H29N3O5/c1-17-16-19(32-2)4-5-20(17)23(29)21-22(18-6-8-26-9-7-18)28(25(31)24(21)30)11-3-10-27-12-14-33-15-13-27/h4-9,16,21-22H,3,10-15H2,1-2H3/p+2. The van der Waals surface area contributed by atoms with Crippen molar-refractivity contribution in [2.24, 2.45) is 5.92 Å². The monoisotopic (exact) mass is 453 g/mol. The number of aromatic nitrogens is 1. The number of morpholine rings is 1. The van der Waals surface area contributed by atoms with Crippen molar-refractivity contribution in [1.82, 2.24) is 4.90 Å². The van der Waals surface area contributed by atoms with E-state index in [9.17, 15) is 14.4 Å². The van der Waals surface area contributed by atoms with Crippen LogP contribution in [0.25, 0.3) is 0 Å². The van der Waals surface area contributed by atoms with Gasteiger partial charge < -0.3 is 19.3 Å². The minimum absolute atomic E-state index is 0.326. The van der Waals surface area contributed by atoms with E-state index in [0.29, 0.717) is 23.4 Å². The second kappa shape index (κ2) is 10.2. The third kappa shape index (κ3) is 4.82. The summed E-state index contributed by atoms with van der Waals surface area (Å²) in [6.07, 6.45) is 4.25. The molecule has 0 aliphatic carbocycles. The first kappa shape index (κ1) is 23.1. The summed E-state index contributed by atoms with van der Waals surface area (Å²) >= 11 is 0. The molecular formula is C25H31N3O5+2. The van der Waals surface area contributed by atoms with Crippen molar-refractivity contribution >= 4 is 17.5 Å². The molecule has 8 heteroatoms. The second-order valence-corrected chi connectivity index (χ2v) is 8.63. The Morgan fingerprint density at radius 3 is 2.58 bits per heavy atom. The molecule has 1 amide bonds. The molecule has 174 valence electrons. The number of carbonyl (C=O) groups is 3. The molecule has 33 heavy (non-hydrogen) atoms. The number of pyridine rings is 1. The summed E-state index contributed by atoms with van der Waals surface area (Å²) in [6.45, 7) is 6.53. The van der Waals surface area contributed by atoms with E-state index >= 15 is 0 Å². The number of hydrogen-bond donors (Lipinski definition) is 1. The number of aromatic amines is 1. The summed E-state index contributed by atoms with van der Waals surface area (Å²) in [4.78, 5) is 45.8. The molecule has 2 N–H and O–H groups in total. The predicted octanol–water partition coefficient (Wildman–Crippen LogP) is 0.0744. The van der Waals surface area contributed by atoms with Gasteiger partial charge in [0, 0.05) is 30.7 Å². The van der Waals surface area contributed by atoms with E-state index in [1.54, 1.807) is 42.6 Å². The zero-order chi connectivity index (χ0) is 23.4. The van der Waals surface area contributed by atoms with Crippen LogP contribution in [0.5, 0.6) is 5.75 Å². The average molecular weight is 454 g/mol. The van der Waals surface area contributed by atoms with Gasteiger partial charge in [0.2, 0.25) is 5.78 Å². The Balaban J connectivity index is 1.60. The molecular weight excluding hydrogens is 422 g/mol. The van der Waals surface area contributed by atoms with Crippen molar-refractivity contribution < 1.29 is 33.7 Å². The van der Waals surface area contributed by atoms with Gasteiger partial charge in [-0.3, -0.25) is 14.4 Å². The smallest absolute Gasteiger partial charge is 0.291 e. The Morgan fingerprint density at radius 2 is 1.91 bits per heavy atom. The van der Waals surface area contributed by atoms with E-state index in [-0.39, 0.29) is 5.78 Å². The molecule has 2 aliphatic heterocycles. The first-order chi connectivity index (χ1) is 16.0. The van der Waals surface area contributed by atoms with Crippen LogP contribution in [0, 0.1) is 12.8 Å². The van der Waals surface area contributed by atoms with Crippen LogP contribution < -0.4 is 14.6 Å².